The molecule has 1 rings (SSSR count). The van der Waals surface area contributed by atoms with Crippen LogP contribution in [0, 0.1) is 6.92 Å². The first-order valence-corrected chi connectivity index (χ1v) is 4.78. The summed E-state index contributed by atoms with van der Waals surface area (Å²) in [6.07, 6.45) is 0.337. The summed E-state index contributed by atoms with van der Waals surface area (Å²) in [5, 5.41) is 2.73. The maximum atomic E-state index is 11.4. The highest BCUT2D eigenvalue weighted by molar-refractivity contribution is 5.93. The summed E-state index contributed by atoms with van der Waals surface area (Å²) >= 11 is 0. The van der Waals surface area contributed by atoms with E-state index in [1.807, 2.05) is 19.1 Å². The van der Waals surface area contributed by atoms with Crippen LogP contribution in [0.1, 0.15) is 12.0 Å². The minimum atomic E-state index is -0.0904. The second-order valence-corrected chi connectivity index (χ2v) is 3.38. The Morgan fingerprint density at radius 2 is 2.27 bits per heavy atom. The van der Waals surface area contributed by atoms with Gasteiger partial charge < -0.3 is 15.8 Å². The molecule has 0 unspecified atom stereocenters. The zero-order chi connectivity index (χ0) is 11.3. The van der Waals surface area contributed by atoms with Crippen LogP contribution >= 0.6 is 0 Å². The molecule has 1 aromatic carbocycles. The normalized spacial score (nSPS) is 10.0. The fourth-order valence-electron chi connectivity index (χ4n) is 1.20. The van der Waals surface area contributed by atoms with Crippen LogP contribution in [0.2, 0.25) is 0 Å². The molecule has 4 heteroatoms. The number of nitrogens with one attached hydrogen (secondary N) is 1. The molecular weight excluding hydrogens is 192 g/mol. The number of hydrogen-bond acceptors (Lipinski definition) is 3. The van der Waals surface area contributed by atoms with Crippen molar-refractivity contribution in [2.45, 2.75) is 13.3 Å². The van der Waals surface area contributed by atoms with E-state index in [4.69, 9.17) is 10.5 Å². The van der Waals surface area contributed by atoms with Crippen molar-refractivity contribution < 1.29 is 9.53 Å². The first-order valence-electron chi connectivity index (χ1n) is 4.78. The Kier molecular flexibility index (Phi) is 4.12. The Morgan fingerprint density at radius 1 is 1.53 bits per heavy atom. The molecule has 1 amide bonds. The maximum Gasteiger partial charge on any atom is 0.226 e. The average Bonchev–Trinajstić information content (AvgIpc) is 2.19. The monoisotopic (exact) mass is 208 g/mol. The van der Waals surface area contributed by atoms with Crippen LogP contribution in [-0.4, -0.2) is 19.6 Å². The number of amides is 1. The summed E-state index contributed by atoms with van der Waals surface area (Å²) in [6, 6.07) is 5.53. The average molecular weight is 208 g/mol. The molecule has 1 aromatic rings. The first kappa shape index (κ1) is 11.5. The van der Waals surface area contributed by atoms with Gasteiger partial charge >= 0.3 is 0 Å². The fourth-order valence-corrected chi connectivity index (χ4v) is 1.20. The van der Waals surface area contributed by atoms with Gasteiger partial charge in [0.1, 0.15) is 0 Å². The van der Waals surface area contributed by atoms with Gasteiger partial charge in [0.05, 0.1) is 24.4 Å². The molecule has 0 saturated carbocycles. The number of aryl methyl sites for hydroxylation is 1. The number of ether oxygens (including phenoxy) is 1. The molecule has 4 nitrogen and oxygen atoms in total. The molecule has 0 aromatic heterocycles. The van der Waals surface area contributed by atoms with Gasteiger partial charge in [-0.3, -0.25) is 4.79 Å². The third kappa shape index (κ3) is 3.59. The number of nitrogens with two attached hydrogens (primary N) is 1. The van der Waals surface area contributed by atoms with E-state index in [0.29, 0.717) is 24.4 Å². The molecule has 0 spiro atoms. The molecule has 0 aliphatic heterocycles. The van der Waals surface area contributed by atoms with Gasteiger partial charge in [-0.05, 0) is 24.6 Å². The van der Waals surface area contributed by atoms with Gasteiger partial charge in [-0.25, -0.2) is 0 Å². The lowest BCUT2D eigenvalue weighted by molar-refractivity contribution is -0.117. The zero-order valence-corrected chi connectivity index (χ0v) is 9.04. The number of carbonyl (C=O) groups excluding carboxylic acids is 1. The summed E-state index contributed by atoms with van der Waals surface area (Å²) < 4.78 is 4.81. The Bertz CT molecular complexity index is 350. The van der Waals surface area contributed by atoms with E-state index in [9.17, 15) is 4.79 Å². The largest absolute Gasteiger partial charge is 0.397 e. The molecule has 0 atom stereocenters. The smallest absolute Gasteiger partial charge is 0.226 e. The lowest BCUT2D eigenvalue weighted by Gasteiger charge is -2.08. The van der Waals surface area contributed by atoms with Gasteiger partial charge in [0.2, 0.25) is 5.91 Å². The summed E-state index contributed by atoms with van der Waals surface area (Å²) in [4.78, 5) is 11.4. The third-order valence-electron chi connectivity index (χ3n) is 2.01. The van der Waals surface area contributed by atoms with Crippen LogP contribution in [0.15, 0.2) is 18.2 Å². The van der Waals surface area contributed by atoms with Gasteiger partial charge in [0, 0.05) is 7.11 Å². The van der Waals surface area contributed by atoms with E-state index in [1.54, 1.807) is 13.2 Å². The number of carbonyl (C=O) groups is 1. The Labute approximate surface area is 89.4 Å². The standard InChI is InChI=1S/C11H16N2O2/c1-8-3-4-10(9(12)7-8)13-11(14)5-6-15-2/h3-4,7H,5-6,12H2,1-2H3,(H,13,14). The Morgan fingerprint density at radius 3 is 2.87 bits per heavy atom. The summed E-state index contributed by atoms with van der Waals surface area (Å²) in [5.74, 6) is -0.0904. The lowest BCUT2D eigenvalue weighted by atomic mass is 10.2. The van der Waals surface area contributed by atoms with Crippen LogP contribution < -0.4 is 11.1 Å². The number of methoxy groups -OCH3 is 1. The predicted molar refractivity (Wildman–Crippen MR) is 60.7 cm³/mol. The van der Waals surface area contributed by atoms with Gasteiger partial charge in [-0.2, -0.15) is 0 Å². The molecule has 0 aliphatic rings. The molecule has 0 bridgehead atoms. The van der Waals surface area contributed by atoms with Crippen LogP contribution in [0.25, 0.3) is 0 Å². The highest BCUT2D eigenvalue weighted by Crippen LogP contribution is 2.19. The quantitative estimate of drug-likeness (QED) is 0.738. The molecule has 82 valence electrons. The van der Waals surface area contributed by atoms with E-state index in [2.05, 4.69) is 5.32 Å². The molecule has 15 heavy (non-hydrogen) atoms. The van der Waals surface area contributed by atoms with E-state index in [0.717, 1.165) is 5.56 Å². The topological polar surface area (TPSA) is 64.3 Å². The van der Waals surface area contributed by atoms with E-state index < -0.39 is 0 Å². The van der Waals surface area contributed by atoms with Gasteiger partial charge in [0.15, 0.2) is 0 Å². The van der Waals surface area contributed by atoms with Crippen LogP contribution in [0.4, 0.5) is 11.4 Å². The fraction of sp³-hybridized carbons (Fsp3) is 0.364. The Hall–Kier alpha value is -1.55. The molecule has 0 fully saturated rings. The SMILES string of the molecule is COCCC(=O)Nc1ccc(C)cc1N. The van der Waals surface area contributed by atoms with Crippen LogP contribution in [0.3, 0.4) is 0 Å². The van der Waals surface area contributed by atoms with Gasteiger partial charge in [-0.1, -0.05) is 6.07 Å². The number of anilines is 2. The van der Waals surface area contributed by atoms with Crippen molar-refractivity contribution in [3.63, 3.8) is 0 Å². The van der Waals surface area contributed by atoms with Gasteiger partial charge in [-0.15, -0.1) is 0 Å². The second kappa shape index (κ2) is 5.36. The minimum Gasteiger partial charge on any atom is -0.397 e. The highest BCUT2D eigenvalue weighted by atomic mass is 16.5. The maximum absolute atomic E-state index is 11.4. The molecule has 0 radical (unpaired) electrons. The van der Waals surface area contributed by atoms with Crippen molar-refractivity contribution in [2.75, 3.05) is 24.8 Å². The third-order valence-corrected chi connectivity index (χ3v) is 2.01. The number of hydrogen-bond donors (Lipinski definition) is 2. The van der Waals surface area contributed by atoms with E-state index in [1.165, 1.54) is 0 Å². The van der Waals surface area contributed by atoms with Crippen LogP contribution in [0.5, 0.6) is 0 Å². The minimum absolute atomic E-state index is 0.0904. The molecule has 0 heterocycles. The molecular formula is C11H16N2O2. The predicted octanol–water partition coefficient (Wildman–Crippen LogP) is 1.55. The lowest BCUT2D eigenvalue weighted by Crippen LogP contribution is -2.14. The second-order valence-electron chi connectivity index (χ2n) is 3.38. The van der Waals surface area contributed by atoms with Crippen molar-refractivity contribution in [3.05, 3.63) is 23.8 Å². The summed E-state index contributed by atoms with van der Waals surface area (Å²) in [6.45, 7) is 2.37. The van der Waals surface area contributed by atoms with Crippen molar-refractivity contribution in [1.29, 1.82) is 0 Å². The summed E-state index contributed by atoms with van der Waals surface area (Å²) in [5.41, 5.74) is 8.06. The Balaban J connectivity index is 2.60. The first-order chi connectivity index (χ1) is 7.13. The van der Waals surface area contributed by atoms with Gasteiger partial charge in [0.25, 0.3) is 0 Å². The molecule has 0 aliphatic carbocycles. The van der Waals surface area contributed by atoms with Crippen LogP contribution in [-0.2, 0) is 9.53 Å². The molecule has 3 N–H and O–H groups in total. The van der Waals surface area contributed by atoms with Crippen molar-refractivity contribution in [1.82, 2.24) is 0 Å². The number of benzene rings is 1. The van der Waals surface area contributed by atoms with Crippen molar-refractivity contribution in [2.24, 2.45) is 0 Å². The molecule has 0 saturated heterocycles. The van der Waals surface area contributed by atoms with Crippen molar-refractivity contribution >= 4 is 17.3 Å². The zero-order valence-electron chi connectivity index (χ0n) is 9.04. The van der Waals surface area contributed by atoms with Crippen molar-refractivity contribution in [3.8, 4) is 0 Å². The van der Waals surface area contributed by atoms with E-state index in [-0.39, 0.29) is 5.91 Å². The van der Waals surface area contributed by atoms with E-state index >= 15 is 0 Å². The number of rotatable bonds is 4. The highest BCUT2D eigenvalue weighted by Gasteiger charge is 2.04. The summed E-state index contributed by atoms with van der Waals surface area (Å²) in [7, 11) is 1.56. The number of nitrogen functional groups attached to an aromatic ring is 1.